The second-order valence-corrected chi connectivity index (χ2v) is 4.36. The third kappa shape index (κ3) is 2.26. The highest BCUT2D eigenvalue weighted by Crippen LogP contribution is 2.26. The van der Waals surface area contributed by atoms with Crippen LogP contribution >= 0.6 is 15.9 Å². The second-order valence-electron chi connectivity index (χ2n) is 3.44. The van der Waals surface area contributed by atoms with Crippen molar-refractivity contribution in [3.63, 3.8) is 0 Å². The maximum absolute atomic E-state index is 12.9. The van der Waals surface area contributed by atoms with Crippen LogP contribution in [-0.2, 0) is 0 Å². The fourth-order valence-electron chi connectivity index (χ4n) is 1.55. The van der Waals surface area contributed by atoms with Crippen molar-refractivity contribution in [2.24, 2.45) is 0 Å². The van der Waals surface area contributed by atoms with Gasteiger partial charge >= 0.3 is 5.97 Å². The molecule has 18 heavy (non-hydrogen) atoms. The average molecular weight is 317 g/mol. The first-order chi connectivity index (χ1) is 8.50. The summed E-state index contributed by atoms with van der Waals surface area (Å²) in [5, 5.41) is 12.5. The molecule has 0 spiro atoms. The lowest BCUT2D eigenvalue weighted by Gasteiger charge is -2.07. The van der Waals surface area contributed by atoms with Gasteiger partial charge < -0.3 is 5.11 Å². The Morgan fingerprint density at radius 3 is 2.72 bits per heavy atom. The largest absolute Gasteiger partial charge is 0.478 e. The molecule has 2 rings (SSSR count). The molecule has 0 fully saturated rings. The summed E-state index contributed by atoms with van der Waals surface area (Å²) in [5.41, 5.74) is -0.752. The van der Waals surface area contributed by atoms with E-state index >= 15 is 0 Å². The number of hydrogen-bond donors (Lipinski definition) is 1. The molecule has 1 heterocycles. The van der Waals surface area contributed by atoms with Crippen LogP contribution in [0.1, 0.15) is 22.5 Å². The van der Waals surface area contributed by atoms with Crippen molar-refractivity contribution >= 4 is 21.9 Å². The molecule has 0 aliphatic carbocycles. The molecule has 7 heteroatoms. The Kier molecular flexibility index (Phi) is 3.42. The van der Waals surface area contributed by atoms with Crippen LogP contribution in [0.2, 0.25) is 0 Å². The van der Waals surface area contributed by atoms with E-state index in [4.69, 9.17) is 5.11 Å². The molecule has 0 aliphatic heterocycles. The van der Waals surface area contributed by atoms with Gasteiger partial charge in [0.25, 0.3) is 6.43 Å². The van der Waals surface area contributed by atoms with Crippen LogP contribution in [-0.4, -0.2) is 20.9 Å². The number of alkyl halides is 2. The zero-order valence-corrected chi connectivity index (χ0v) is 10.4. The smallest absolute Gasteiger partial charge is 0.339 e. The molecule has 2 aromatic rings. The van der Waals surface area contributed by atoms with Gasteiger partial charge in [-0.2, -0.15) is 5.10 Å². The van der Waals surface area contributed by atoms with Crippen molar-refractivity contribution in [2.45, 2.75) is 6.43 Å². The van der Waals surface area contributed by atoms with E-state index in [1.807, 2.05) is 0 Å². The summed E-state index contributed by atoms with van der Waals surface area (Å²) < 4.78 is 27.5. The minimum absolute atomic E-state index is 0.368. The van der Waals surface area contributed by atoms with Crippen LogP contribution in [0.5, 0.6) is 0 Å². The van der Waals surface area contributed by atoms with Crippen molar-refractivity contribution in [3.8, 4) is 5.69 Å². The summed E-state index contributed by atoms with van der Waals surface area (Å²) in [6.45, 7) is 0. The number of nitrogens with zero attached hydrogens (tertiary/aromatic N) is 2. The molecular weight excluding hydrogens is 310 g/mol. The first-order valence-corrected chi connectivity index (χ1v) is 5.65. The maximum atomic E-state index is 12.9. The van der Waals surface area contributed by atoms with Gasteiger partial charge in [-0.25, -0.2) is 18.3 Å². The molecule has 0 bridgehead atoms. The van der Waals surface area contributed by atoms with Crippen LogP contribution in [0.25, 0.3) is 5.69 Å². The van der Waals surface area contributed by atoms with Gasteiger partial charge in [-0.3, -0.25) is 0 Å². The Morgan fingerprint density at radius 2 is 2.17 bits per heavy atom. The van der Waals surface area contributed by atoms with Crippen LogP contribution in [0.4, 0.5) is 8.78 Å². The van der Waals surface area contributed by atoms with Crippen LogP contribution < -0.4 is 0 Å². The van der Waals surface area contributed by atoms with Gasteiger partial charge in [-0.05, 0) is 18.2 Å². The predicted octanol–water partition coefficient (Wildman–Crippen LogP) is 3.27. The lowest BCUT2D eigenvalue weighted by molar-refractivity contribution is 0.0683. The fourth-order valence-corrected chi connectivity index (χ4v) is 1.93. The Hall–Kier alpha value is -1.76. The van der Waals surface area contributed by atoms with Crippen LogP contribution in [0, 0.1) is 0 Å². The highest BCUT2D eigenvalue weighted by atomic mass is 79.9. The number of hydrogen-bond acceptors (Lipinski definition) is 2. The molecule has 4 nitrogen and oxygen atoms in total. The van der Waals surface area contributed by atoms with Gasteiger partial charge in [0.1, 0.15) is 11.3 Å². The molecule has 0 atom stereocenters. The normalized spacial score (nSPS) is 10.9. The number of benzene rings is 1. The van der Waals surface area contributed by atoms with E-state index in [2.05, 4.69) is 21.0 Å². The van der Waals surface area contributed by atoms with E-state index in [0.717, 1.165) is 10.9 Å². The topological polar surface area (TPSA) is 55.1 Å². The molecule has 0 amide bonds. The monoisotopic (exact) mass is 316 g/mol. The molecule has 0 radical (unpaired) electrons. The van der Waals surface area contributed by atoms with E-state index in [0.29, 0.717) is 10.2 Å². The SMILES string of the molecule is O=C(O)c1cnn(-c2cccc(Br)c2)c1C(F)F. The molecule has 0 aliphatic rings. The van der Waals surface area contributed by atoms with E-state index in [1.54, 1.807) is 24.3 Å². The standard InChI is InChI=1S/C11H7BrF2N2O2/c12-6-2-1-3-7(4-6)16-9(10(13)14)8(5-15-16)11(17)18/h1-5,10H,(H,17,18). The number of rotatable bonds is 3. The minimum atomic E-state index is -2.92. The Bertz CT molecular complexity index is 598. The van der Waals surface area contributed by atoms with Gasteiger partial charge in [-0.15, -0.1) is 0 Å². The molecule has 0 unspecified atom stereocenters. The molecule has 1 aromatic carbocycles. The summed E-state index contributed by atoms with van der Waals surface area (Å²) in [4.78, 5) is 10.8. The lowest BCUT2D eigenvalue weighted by atomic mass is 10.2. The number of aromatic carboxylic acids is 1. The first kappa shape index (κ1) is 12.7. The number of aromatic nitrogens is 2. The van der Waals surface area contributed by atoms with Crippen molar-refractivity contribution in [1.82, 2.24) is 9.78 Å². The summed E-state index contributed by atoms with van der Waals surface area (Å²) in [5.74, 6) is -1.42. The Balaban J connectivity index is 2.61. The zero-order chi connectivity index (χ0) is 13.3. The number of halogens is 3. The number of carbonyl (C=O) groups is 1. The Labute approximate surface area is 109 Å². The van der Waals surface area contributed by atoms with Gasteiger partial charge in [0.2, 0.25) is 0 Å². The maximum Gasteiger partial charge on any atom is 0.339 e. The van der Waals surface area contributed by atoms with Crippen LogP contribution in [0.3, 0.4) is 0 Å². The molecule has 0 saturated heterocycles. The van der Waals surface area contributed by atoms with E-state index in [-0.39, 0.29) is 0 Å². The van der Waals surface area contributed by atoms with E-state index < -0.39 is 23.7 Å². The third-order valence-electron chi connectivity index (χ3n) is 2.30. The molecule has 1 N–H and O–H groups in total. The predicted molar refractivity (Wildman–Crippen MR) is 63.2 cm³/mol. The minimum Gasteiger partial charge on any atom is -0.478 e. The second kappa shape index (κ2) is 4.85. The first-order valence-electron chi connectivity index (χ1n) is 4.86. The summed E-state index contributed by atoms with van der Waals surface area (Å²) >= 11 is 3.21. The van der Waals surface area contributed by atoms with E-state index in [1.165, 1.54) is 0 Å². The Morgan fingerprint density at radius 1 is 1.44 bits per heavy atom. The van der Waals surface area contributed by atoms with E-state index in [9.17, 15) is 13.6 Å². The third-order valence-corrected chi connectivity index (χ3v) is 2.79. The highest BCUT2D eigenvalue weighted by Gasteiger charge is 2.24. The molecular formula is C11H7BrF2N2O2. The molecule has 94 valence electrons. The zero-order valence-electron chi connectivity index (χ0n) is 8.85. The van der Waals surface area contributed by atoms with Crippen molar-refractivity contribution in [1.29, 1.82) is 0 Å². The number of carboxylic acid groups (broad SMARTS) is 1. The summed E-state index contributed by atoms with van der Waals surface area (Å²) in [6, 6.07) is 6.52. The van der Waals surface area contributed by atoms with Gasteiger partial charge in [0, 0.05) is 4.47 Å². The number of carboxylic acids is 1. The highest BCUT2D eigenvalue weighted by molar-refractivity contribution is 9.10. The van der Waals surface area contributed by atoms with Gasteiger partial charge in [-0.1, -0.05) is 22.0 Å². The van der Waals surface area contributed by atoms with Gasteiger partial charge in [0.15, 0.2) is 0 Å². The summed E-state index contributed by atoms with van der Waals surface area (Å²) in [6.07, 6.45) is -2.00. The lowest BCUT2D eigenvalue weighted by Crippen LogP contribution is -2.07. The van der Waals surface area contributed by atoms with Gasteiger partial charge in [0.05, 0.1) is 11.9 Å². The van der Waals surface area contributed by atoms with Crippen molar-refractivity contribution in [2.75, 3.05) is 0 Å². The van der Waals surface area contributed by atoms with Crippen LogP contribution in [0.15, 0.2) is 34.9 Å². The van der Waals surface area contributed by atoms with Crippen molar-refractivity contribution < 1.29 is 18.7 Å². The summed E-state index contributed by atoms with van der Waals surface area (Å²) in [7, 11) is 0. The quantitative estimate of drug-likeness (QED) is 0.945. The van der Waals surface area contributed by atoms with Crippen molar-refractivity contribution in [3.05, 3.63) is 46.2 Å². The average Bonchev–Trinajstić information content (AvgIpc) is 2.73. The molecule has 0 saturated carbocycles. The fraction of sp³-hybridized carbons (Fsp3) is 0.0909. The molecule has 1 aromatic heterocycles.